The number of rotatable bonds is 7. The zero-order chi connectivity index (χ0) is 20.2. The Labute approximate surface area is 159 Å². The molecule has 0 saturated heterocycles. The number of carbonyl (C=O) groups is 1. The molecule has 0 unspecified atom stereocenters. The van der Waals surface area contributed by atoms with Crippen molar-refractivity contribution in [3.63, 3.8) is 0 Å². The fourth-order valence-corrected chi connectivity index (χ4v) is 2.89. The first kappa shape index (κ1) is 20.9. The van der Waals surface area contributed by atoms with Gasteiger partial charge in [-0.3, -0.25) is 4.79 Å². The van der Waals surface area contributed by atoms with Gasteiger partial charge in [-0.05, 0) is 35.9 Å². The standard InChI is InChI=1S/C16H15ClF2N2O5S/c1-25-14-6-9(2-5-13(14)26-16(18)19)8-21-15(22)11-7-10(27(20,23)24)3-4-12(11)17/h2-7,16H,8H2,1H3,(H,21,22)(H2,20,23,24). The highest BCUT2D eigenvalue weighted by Gasteiger charge is 2.16. The maximum Gasteiger partial charge on any atom is 0.387 e. The van der Waals surface area contributed by atoms with Gasteiger partial charge in [0.05, 0.1) is 22.6 Å². The van der Waals surface area contributed by atoms with Gasteiger partial charge in [0.2, 0.25) is 10.0 Å². The largest absolute Gasteiger partial charge is 0.493 e. The Morgan fingerprint density at radius 2 is 1.93 bits per heavy atom. The number of methoxy groups -OCH3 is 1. The minimum Gasteiger partial charge on any atom is -0.493 e. The SMILES string of the molecule is COc1cc(CNC(=O)c2cc(S(N)(=O)=O)ccc2Cl)ccc1OC(F)F. The van der Waals surface area contributed by atoms with Crippen LogP contribution in [0.15, 0.2) is 41.3 Å². The van der Waals surface area contributed by atoms with Crippen molar-refractivity contribution in [1.29, 1.82) is 0 Å². The van der Waals surface area contributed by atoms with Crippen LogP contribution in [0.25, 0.3) is 0 Å². The lowest BCUT2D eigenvalue weighted by atomic mass is 10.1. The van der Waals surface area contributed by atoms with Gasteiger partial charge in [0.1, 0.15) is 0 Å². The van der Waals surface area contributed by atoms with Crippen molar-refractivity contribution in [2.45, 2.75) is 18.1 Å². The normalized spacial score (nSPS) is 11.3. The lowest BCUT2D eigenvalue weighted by Crippen LogP contribution is -2.24. The third-order valence-electron chi connectivity index (χ3n) is 3.41. The van der Waals surface area contributed by atoms with E-state index in [1.807, 2.05) is 0 Å². The third kappa shape index (κ3) is 5.52. The van der Waals surface area contributed by atoms with Crippen molar-refractivity contribution in [3.8, 4) is 11.5 Å². The van der Waals surface area contributed by atoms with Gasteiger partial charge >= 0.3 is 6.61 Å². The van der Waals surface area contributed by atoms with Gasteiger partial charge in [-0.15, -0.1) is 0 Å². The lowest BCUT2D eigenvalue weighted by Gasteiger charge is -2.12. The quantitative estimate of drug-likeness (QED) is 0.715. The number of alkyl halides is 2. The smallest absolute Gasteiger partial charge is 0.387 e. The number of hydrogen-bond acceptors (Lipinski definition) is 5. The molecule has 0 spiro atoms. The van der Waals surface area contributed by atoms with Crippen LogP contribution in [0, 0.1) is 0 Å². The topological polar surface area (TPSA) is 108 Å². The molecule has 0 bridgehead atoms. The number of halogens is 3. The summed E-state index contributed by atoms with van der Waals surface area (Å²) in [4.78, 5) is 12.0. The molecule has 0 atom stereocenters. The number of primary sulfonamides is 1. The Hall–Kier alpha value is -2.43. The number of sulfonamides is 1. The Kier molecular flexibility index (Phi) is 6.58. The number of ether oxygens (including phenoxy) is 2. The Balaban J connectivity index is 2.16. The average molecular weight is 421 g/mol. The van der Waals surface area contributed by atoms with E-state index in [1.165, 1.54) is 37.4 Å². The van der Waals surface area contributed by atoms with Crippen LogP contribution in [-0.4, -0.2) is 28.0 Å². The molecule has 0 saturated carbocycles. The summed E-state index contributed by atoms with van der Waals surface area (Å²) in [6, 6.07) is 7.65. The molecule has 0 aliphatic rings. The van der Waals surface area contributed by atoms with E-state index in [-0.39, 0.29) is 33.5 Å². The van der Waals surface area contributed by atoms with Gasteiger partial charge in [0.25, 0.3) is 5.91 Å². The van der Waals surface area contributed by atoms with E-state index in [0.717, 1.165) is 6.07 Å². The molecular formula is C16H15ClF2N2O5S. The molecular weight excluding hydrogens is 406 g/mol. The van der Waals surface area contributed by atoms with Crippen LogP contribution < -0.4 is 19.9 Å². The van der Waals surface area contributed by atoms with Gasteiger partial charge in [-0.2, -0.15) is 8.78 Å². The molecule has 11 heteroatoms. The minimum atomic E-state index is -4.00. The molecule has 0 aliphatic heterocycles. The maximum atomic E-state index is 12.3. The van der Waals surface area contributed by atoms with E-state index in [0.29, 0.717) is 5.56 Å². The van der Waals surface area contributed by atoms with Gasteiger partial charge < -0.3 is 14.8 Å². The summed E-state index contributed by atoms with van der Waals surface area (Å²) in [6.45, 7) is -3.00. The molecule has 2 aromatic rings. The first-order chi connectivity index (χ1) is 12.6. The second kappa shape index (κ2) is 8.51. The summed E-state index contributed by atoms with van der Waals surface area (Å²) in [7, 11) is -2.71. The highest BCUT2D eigenvalue weighted by Crippen LogP contribution is 2.29. The molecule has 1 amide bonds. The van der Waals surface area contributed by atoms with Crippen LogP contribution in [0.3, 0.4) is 0 Å². The summed E-state index contributed by atoms with van der Waals surface area (Å²) in [5, 5.41) is 7.62. The van der Waals surface area contributed by atoms with Gasteiger partial charge in [-0.1, -0.05) is 17.7 Å². The van der Waals surface area contributed by atoms with Gasteiger partial charge in [0.15, 0.2) is 11.5 Å². The molecule has 0 heterocycles. The van der Waals surface area contributed by atoms with Crippen molar-refractivity contribution in [1.82, 2.24) is 5.32 Å². The monoisotopic (exact) mass is 420 g/mol. The predicted molar refractivity (Wildman–Crippen MR) is 93.6 cm³/mol. The van der Waals surface area contributed by atoms with E-state index in [9.17, 15) is 22.0 Å². The van der Waals surface area contributed by atoms with E-state index >= 15 is 0 Å². The number of nitrogens with two attached hydrogens (primary N) is 1. The minimum absolute atomic E-state index is 0.0000828. The predicted octanol–water partition coefficient (Wildman–Crippen LogP) is 2.53. The molecule has 27 heavy (non-hydrogen) atoms. The molecule has 3 N–H and O–H groups in total. The first-order valence-corrected chi connectivity index (χ1v) is 9.26. The molecule has 0 radical (unpaired) electrons. The average Bonchev–Trinajstić information content (AvgIpc) is 2.59. The number of hydrogen-bond donors (Lipinski definition) is 2. The number of amides is 1. The van der Waals surface area contributed by atoms with Crippen LogP contribution in [-0.2, 0) is 16.6 Å². The van der Waals surface area contributed by atoms with Gasteiger partial charge in [-0.25, -0.2) is 13.6 Å². The molecule has 0 aromatic heterocycles. The van der Waals surface area contributed by atoms with Gasteiger partial charge in [0, 0.05) is 6.54 Å². The summed E-state index contributed by atoms with van der Waals surface area (Å²) >= 11 is 5.94. The summed E-state index contributed by atoms with van der Waals surface area (Å²) in [6.07, 6.45) is 0. The summed E-state index contributed by atoms with van der Waals surface area (Å²) in [5.41, 5.74) is 0.452. The lowest BCUT2D eigenvalue weighted by molar-refractivity contribution is -0.0512. The second-order valence-corrected chi connectivity index (χ2v) is 7.20. The number of benzene rings is 2. The van der Waals surface area contributed by atoms with Crippen molar-refractivity contribution < 1.29 is 31.5 Å². The van der Waals surface area contributed by atoms with Crippen molar-refractivity contribution in [2.75, 3.05) is 7.11 Å². The fraction of sp³-hybridized carbons (Fsp3) is 0.188. The van der Waals surface area contributed by atoms with Crippen LogP contribution in [0.4, 0.5) is 8.78 Å². The summed E-state index contributed by atoms with van der Waals surface area (Å²) < 4.78 is 56.8. The molecule has 2 aromatic carbocycles. The van der Waals surface area contributed by atoms with E-state index in [1.54, 1.807) is 0 Å². The molecule has 7 nitrogen and oxygen atoms in total. The first-order valence-electron chi connectivity index (χ1n) is 7.34. The van der Waals surface area contributed by atoms with Crippen LogP contribution in [0.2, 0.25) is 5.02 Å². The van der Waals surface area contributed by atoms with E-state index in [2.05, 4.69) is 10.1 Å². The zero-order valence-electron chi connectivity index (χ0n) is 13.9. The number of nitrogens with one attached hydrogen (secondary N) is 1. The second-order valence-electron chi connectivity index (χ2n) is 5.23. The summed E-state index contributed by atoms with van der Waals surface area (Å²) in [5.74, 6) is -0.722. The van der Waals surface area contributed by atoms with Crippen molar-refractivity contribution in [3.05, 3.63) is 52.5 Å². The van der Waals surface area contributed by atoms with Crippen LogP contribution in [0.1, 0.15) is 15.9 Å². The molecule has 2 rings (SSSR count). The third-order valence-corrected chi connectivity index (χ3v) is 4.65. The highest BCUT2D eigenvalue weighted by atomic mass is 35.5. The Morgan fingerprint density at radius 3 is 2.52 bits per heavy atom. The fourth-order valence-electron chi connectivity index (χ4n) is 2.15. The molecule has 0 fully saturated rings. The Morgan fingerprint density at radius 1 is 1.22 bits per heavy atom. The molecule has 146 valence electrons. The van der Waals surface area contributed by atoms with E-state index < -0.39 is 22.5 Å². The van der Waals surface area contributed by atoms with E-state index in [4.69, 9.17) is 21.5 Å². The Bertz CT molecular complexity index is 954. The number of carbonyl (C=O) groups excluding carboxylic acids is 1. The van der Waals surface area contributed by atoms with Crippen molar-refractivity contribution >= 4 is 27.5 Å². The maximum absolute atomic E-state index is 12.3. The van der Waals surface area contributed by atoms with Crippen LogP contribution in [0.5, 0.6) is 11.5 Å². The van der Waals surface area contributed by atoms with Crippen LogP contribution >= 0.6 is 11.6 Å². The zero-order valence-corrected chi connectivity index (χ0v) is 15.5. The molecule has 0 aliphatic carbocycles. The van der Waals surface area contributed by atoms with Crippen molar-refractivity contribution in [2.24, 2.45) is 5.14 Å². The highest BCUT2D eigenvalue weighted by molar-refractivity contribution is 7.89.